The van der Waals surface area contributed by atoms with Gasteiger partial charge in [0, 0.05) is 31.4 Å². The van der Waals surface area contributed by atoms with Crippen molar-refractivity contribution in [2.75, 3.05) is 20.7 Å². The van der Waals surface area contributed by atoms with E-state index in [2.05, 4.69) is 4.98 Å². The summed E-state index contributed by atoms with van der Waals surface area (Å²) < 4.78 is 4.93. The Hall–Kier alpha value is -3.30. The average molecular weight is 492 g/mol. The van der Waals surface area contributed by atoms with E-state index in [1.807, 2.05) is 6.92 Å². The number of hydrogen-bond donors (Lipinski definition) is 1. The molecular weight excluding hydrogens is 469 g/mol. The van der Waals surface area contributed by atoms with Gasteiger partial charge in [-0.2, -0.15) is 0 Å². The van der Waals surface area contributed by atoms with Crippen LogP contribution < -0.4 is 5.73 Å². The maximum absolute atomic E-state index is 12.7. The quantitative estimate of drug-likeness (QED) is 0.269. The number of ether oxygens (including phenoxy) is 1. The highest BCUT2D eigenvalue weighted by Gasteiger charge is 2.46. The first kappa shape index (κ1) is 24.3. The third-order valence-corrected chi connectivity index (χ3v) is 5.98. The summed E-state index contributed by atoms with van der Waals surface area (Å²) in [5, 5.41) is 13.1. The summed E-state index contributed by atoms with van der Waals surface area (Å²) in [6.07, 6.45) is 1.60. The molecule has 0 saturated heterocycles. The molecule has 1 unspecified atom stereocenters. The van der Waals surface area contributed by atoms with E-state index in [4.69, 9.17) is 33.7 Å². The van der Waals surface area contributed by atoms with Gasteiger partial charge in [-0.05, 0) is 30.2 Å². The Bertz CT molecular complexity index is 1130. The highest BCUT2D eigenvalue weighted by atomic mass is 35.5. The van der Waals surface area contributed by atoms with E-state index in [9.17, 15) is 14.9 Å². The molecule has 33 heavy (non-hydrogen) atoms. The molecule has 0 radical (unpaired) electrons. The number of methoxy groups -OCH3 is 1. The fraction of sp³-hybridized carbons (Fsp3) is 0.273. The summed E-state index contributed by atoms with van der Waals surface area (Å²) in [4.78, 5) is 32.0. The van der Waals surface area contributed by atoms with E-state index in [0.717, 1.165) is 5.56 Å². The minimum Gasteiger partial charge on any atom is -0.466 e. The summed E-state index contributed by atoms with van der Waals surface area (Å²) >= 11 is 12.3. The molecule has 2 heterocycles. The molecule has 1 aromatic heterocycles. The lowest BCUT2D eigenvalue weighted by Crippen LogP contribution is -2.43. The van der Waals surface area contributed by atoms with Crippen molar-refractivity contribution in [3.63, 3.8) is 0 Å². The molecule has 9 nitrogen and oxygen atoms in total. The highest BCUT2D eigenvalue weighted by molar-refractivity contribution is 6.31. The lowest BCUT2D eigenvalue weighted by Gasteiger charge is -2.38. The van der Waals surface area contributed by atoms with Gasteiger partial charge in [-0.15, -0.1) is 0 Å². The van der Waals surface area contributed by atoms with Crippen LogP contribution in [0, 0.1) is 10.1 Å². The Morgan fingerprint density at radius 2 is 2.00 bits per heavy atom. The Kier molecular flexibility index (Phi) is 7.45. The second-order valence-corrected chi connectivity index (χ2v) is 8.07. The Morgan fingerprint density at radius 1 is 1.30 bits per heavy atom. The molecular formula is C22H23Cl2N5O4. The summed E-state index contributed by atoms with van der Waals surface area (Å²) in [6.45, 7) is 2.57. The molecule has 0 amide bonds. The predicted molar refractivity (Wildman–Crippen MR) is 125 cm³/mol. The normalized spacial score (nSPS) is 16.2. The maximum Gasteiger partial charge on any atom is 0.338 e. The van der Waals surface area contributed by atoms with Crippen LogP contribution in [0.3, 0.4) is 0 Å². The highest BCUT2D eigenvalue weighted by Crippen LogP contribution is 2.44. The summed E-state index contributed by atoms with van der Waals surface area (Å²) in [7, 11) is 2.77. The monoisotopic (exact) mass is 491 g/mol. The SMILES string of the molecule is CCN(Cc1ccc(Cl)nc1)C1=C([N+](=O)[O-])C(c2ccccc2Cl)C(C(=O)OC)=C(N)N1C. The third kappa shape index (κ3) is 4.74. The number of rotatable bonds is 7. The number of nitrogens with zero attached hydrogens (tertiary/aromatic N) is 4. The van der Waals surface area contributed by atoms with Gasteiger partial charge >= 0.3 is 5.97 Å². The molecule has 1 aliphatic heterocycles. The van der Waals surface area contributed by atoms with E-state index in [-0.39, 0.29) is 27.9 Å². The van der Waals surface area contributed by atoms with Gasteiger partial charge in [0.15, 0.2) is 5.82 Å². The van der Waals surface area contributed by atoms with E-state index in [1.54, 1.807) is 54.5 Å². The molecule has 1 aliphatic rings. The molecule has 0 bridgehead atoms. The molecule has 0 spiro atoms. The lowest BCUT2D eigenvalue weighted by molar-refractivity contribution is -0.433. The van der Waals surface area contributed by atoms with Gasteiger partial charge in [0.25, 0.3) is 5.70 Å². The fourth-order valence-electron chi connectivity index (χ4n) is 3.84. The maximum atomic E-state index is 12.7. The van der Waals surface area contributed by atoms with Crippen molar-refractivity contribution < 1.29 is 14.5 Å². The number of carbonyl (C=O) groups excluding carboxylic acids is 1. The zero-order valence-electron chi connectivity index (χ0n) is 18.3. The van der Waals surface area contributed by atoms with Crippen molar-refractivity contribution in [3.05, 3.63) is 96.9 Å². The summed E-state index contributed by atoms with van der Waals surface area (Å²) in [5.41, 5.74) is 7.27. The van der Waals surface area contributed by atoms with Crippen LogP contribution in [0.4, 0.5) is 0 Å². The molecule has 2 N–H and O–H groups in total. The van der Waals surface area contributed by atoms with Crippen molar-refractivity contribution in [2.24, 2.45) is 5.73 Å². The van der Waals surface area contributed by atoms with Crippen molar-refractivity contribution >= 4 is 29.2 Å². The van der Waals surface area contributed by atoms with E-state index in [1.165, 1.54) is 12.0 Å². The second kappa shape index (κ2) is 10.1. The summed E-state index contributed by atoms with van der Waals surface area (Å²) in [5.74, 6) is -1.62. The van der Waals surface area contributed by atoms with Gasteiger partial charge in [0.05, 0.1) is 17.6 Å². The van der Waals surface area contributed by atoms with Crippen LogP contribution in [0.1, 0.15) is 24.0 Å². The van der Waals surface area contributed by atoms with Gasteiger partial charge in [-0.25, -0.2) is 9.78 Å². The Balaban J connectivity index is 2.26. The van der Waals surface area contributed by atoms with E-state index >= 15 is 0 Å². The number of nitrogens with two attached hydrogens (primary N) is 1. The smallest absolute Gasteiger partial charge is 0.338 e. The number of hydrogen-bond acceptors (Lipinski definition) is 8. The zero-order chi connectivity index (χ0) is 24.3. The van der Waals surface area contributed by atoms with Gasteiger partial charge in [0.2, 0.25) is 0 Å². The van der Waals surface area contributed by atoms with Crippen molar-refractivity contribution in [1.82, 2.24) is 14.8 Å². The third-order valence-electron chi connectivity index (χ3n) is 5.41. The number of benzene rings is 1. The number of aromatic nitrogens is 1. The second-order valence-electron chi connectivity index (χ2n) is 7.27. The van der Waals surface area contributed by atoms with Crippen LogP contribution in [0.2, 0.25) is 10.2 Å². The molecule has 0 saturated carbocycles. The number of esters is 1. The van der Waals surface area contributed by atoms with Crippen LogP contribution in [-0.4, -0.2) is 46.4 Å². The van der Waals surface area contributed by atoms with Gasteiger partial charge < -0.3 is 20.3 Å². The van der Waals surface area contributed by atoms with Gasteiger partial charge in [0.1, 0.15) is 16.9 Å². The van der Waals surface area contributed by atoms with Crippen LogP contribution >= 0.6 is 23.2 Å². The molecule has 1 aromatic carbocycles. The van der Waals surface area contributed by atoms with Crippen LogP contribution in [0.25, 0.3) is 0 Å². The van der Waals surface area contributed by atoms with E-state index < -0.39 is 16.8 Å². The largest absolute Gasteiger partial charge is 0.466 e. The topological polar surface area (TPSA) is 115 Å². The molecule has 3 rings (SSSR count). The first-order valence-corrected chi connectivity index (χ1v) is 10.8. The number of nitro groups is 1. The molecule has 0 aliphatic carbocycles. The van der Waals surface area contributed by atoms with Crippen LogP contribution in [0.5, 0.6) is 0 Å². The molecule has 0 fully saturated rings. The average Bonchev–Trinajstić information content (AvgIpc) is 2.80. The number of pyridine rings is 1. The van der Waals surface area contributed by atoms with Crippen molar-refractivity contribution in [2.45, 2.75) is 19.4 Å². The molecule has 174 valence electrons. The van der Waals surface area contributed by atoms with E-state index in [0.29, 0.717) is 23.8 Å². The standard InChI is InChI=1S/C22H23Cl2N5O4/c1-4-28(12-13-9-10-16(24)26-11-13)21-19(29(31)32)17(14-7-5-6-8-15(14)23)18(22(30)33-3)20(25)27(21)2/h5-11,17H,4,12,25H2,1-3H3. The predicted octanol–water partition coefficient (Wildman–Crippen LogP) is 3.73. The summed E-state index contributed by atoms with van der Waals surface area (Å²) in [6, 6.07) is 10.1. The number of allylic oxidation sites excluding steroid dienone is 1. The first-order chi connectivity index (χ1) is 15.7. The first-order valence-electron chi connectivity index (χ1n) is 10.0. The number of halogens is 2. The number of carbonyl (C=O) groups is 1. The zero-order valence-corrected chi connectivity index (χ0v) is 19.8. The molecule has 1 atom stereocenters. The minimum atomic E-state index is -1.13. The minimum absolute atomic E-state index is 0.0417. The Labute approximate surface area is 201 Å². The van der Waals surface area contributed by atoms with Crippen molar-refractivity contribution in [1.29, 1.82) is 0 Å². The lowest BCUT2D eigenvalue weighted by atomic mass is 9.85. The van der Waals surface area contributed by atoms with Gasteiger partial charge in [-0.1, -0.05) is 47.5 Å². The van der Waals surface area contributed by atoms with Crippen molar-refractivity contribution in [3.8, 4) is 0 Å². The van der Waals surface area contributed by atoms with Gasteiger partial charge in [-0.3, -0.25) is 10.1 Å². The molecule has 2 aromatic rings. The van der Waals surface area contributed by atoms with Crippen LogP contribution in [0.15, 0.2) is 65.5 Å². The van der Waals surface area contributed by atoms with Crippen LogP contribution in [-0.2, 0) is 16.1 Å². The molecule has 11 heteroatoms. The Morgan fingerprint density at radius 3 is 2.55 bits per heavy atom. The fourth-order valence-corrected chi connectivity index (χ4v) is 4.20.